The quantitative estimate of drug-likeness (QED) is 0.625. The smallest absolute Gasteiger partial charge is 0.145 e. The summed E-state index contributed by atoms with van der Waals surface area (Å²) in [7, 11) is 4.33. The van der Waals surface area contributed by atoms with E-state index in [1.807, 2.05) is 12.1 Å². The molecule has 3 aliphatic rings. The van der Waals surface area contributed by atoms with E-state index in [1.165, 1.54) is 41.5 Å². The number of benzene rings is 2. The van der Waals surface area contributed by atoms with Crippen LogP contribution in [0, 0.1) is 23.7 Å². The molecule has 0 heterocycles. The average Bonchev–Trinajstić information content (AvgIpc) is 3.25. The molecule has 2 aromatic rings. The van der Waals surface area contributed by atoms with Crippen LogP contribution in [-0.4, -0.2) is 30.3 Å². The lowest BCUT2D eigenvalue weighted by molar-refractivity contribution is -0.125. The topological polar surface area (TPSA) is 20.3 Å². The summed E-state index contributed by atoms with van der Waals surface area (Å²) < 4.78 is 0. The van der Waals surface area contributed by atoms with Gasteiger partial charge >= 0.3 is 0 Å². The Kier molecular flexibility index (Phi) is 4.91. The van der Waals surface area contributed by atoms with Gasteiger partial charge in [0.1, 0.15) is 5.78 Å². The maximum atomic E-state index is 13.1. The Hall–Kier alpha value is -2.63. The molecule has 0 spiro atoms. The molecule has 3 atom stereocenters. The minimum Gasteiger partial charge on any atom is -0.299 e. The molecule has 2 heteroatoms. The minimum absolute atomic E-state index is 0.127. The molecule has 2 nitrogen and oxygen atoms in total. The summed E-state index contributed by atoms with van der Waals surface area (Å²) in [6.45, 7) is 0. The van der Waals surface area contributed by atoms with Gasteiger partial charge in [-0.25, -0.2) is 0 Å². The summed E-state index contributed by atoms with van der Waals surface area (Å²) in [6, 6.07) is 17.4. The van der Waals surface area contributed by atoms with Crippen LogP contribution in [0.15, 0.2) is 54.6 Å². The zero-order chi connectivity index (χ0) is 21.6. The number of nitrogens with zero attached hydrogens (tertiary/aromatic N) is 1. The van der Waals surface area contributed by atoms with Crippen LogP contribution >= 0.6 is 0 Å². The van der Waals surface area contributed by atoms with Gasteiger partial charge in [-0.1, -0.05) is 61.2 Å². The van der Waals surface area contributed by atoms with Crippen molar-refractivity contribution >= 4 is 11.4 Å². The summed E-state index contributed by atoms with van der Waals surface area (Å²) in [5.41, 5.74) is 5.93. The number of hydrogen-bond donors (Lipinski definition) is 0. The van der Waals surface area contributed by atoms with Crippen LogP contribution in [0.4, 0.5) is 0 Å². The summed E-state index contributed by atoms with van der Waals surface area (Å²) in [5.74, 6) is 3.59. The minimum atomic E-state index is -0.207. The third-order valence-electron chi connectivity index (χ3n) is 8.23. The molecule has 0 N–H and O–H groups in total. The van der Waals surface area contributed by atoms with E-state index in [2.05, 4.69) is 67.4 Å². The lowest BCUT2D eigenvalue weighted by Gasteiger charge is -2.43. The lowest BCUT2D eigenvalue weighted by Crippen LogP contribution is -2.48. The van der Waals surface area contributed by atoms with Crippen molar-refractivity contribution in [3.05, 3.63) is 76.9 Å². The standard InChI is InChI=1S/C29H31NO/c1-4-21-8-10-22(11-9-21)12-13-23-14-16-24(17-15-23)25-19-28-18-6-5-7-26(28)29(25,30(2)3)20-27(28)31/h1,8-11,14-17,19,26H,5-7,12-13,18,20H2,2-3H3/t26-,28-,29-/m0/s1. The molecule has 0 aliphatic heterocycles. The van der Waals surface area contributed by atoms with Gasteiger partial charge in [0.15, 0.2) is 0 Å². The van der Waals surface area contributed by atoms with Crippen LogP contribution in [0.25, 0.3) is 5.57 Å². The first kappa shape index (κ1) is 20.3. The monoisotopic (exact) mass is 409 g/mol. The molecular formula is C29H31NO. The van der Waals surface area contributed by atoms with Gasteiger partial charge in [-0.3, -0.25) is 9.69 Å². The van der Waals surface area contributed by atoms with E-state index in [4.69, 9.17) is 6.42 Å². The number of likely N-dealkylation sites (N-methyl/N-ethyl adjacent to an activating group) is 1. The molecule has 0 saturated heterocycles. The second kappa shape index (κ2) is 7.50. The fourth-order valence-electron chi connectivity index (χ4n) is 6.60. The van der Waals surface area contributed by atoms with E-state index in [1.54, 1.807) is 0 Å². The third-order valence-corrected chi connectivity index (χ3v) is 8.23. The van der Waals surface area contributed by atoms with Crippen molar-refractivity contribution in [2.45, 2.75) is 50.5 Å². The first-order valence-electron chi connectivity index (χ1n) is 11.6. The molecule has 2 saturated carbocycles. The van der Waals surface area contributed by atoms with Crippen molar-refractivity contribution in [3.63, 3.8) is 0 Å². The SMILES string of the molecule is C#Cc1ccc(CCc2ccc(C3=C[C@@]45CCCC[C@@H]4[C@]3(N(C)C)CC5=O)cc2)cc1. The Balaban J connectivity index is 1.39. The highest BCUT2D eigenvalue weighted by Gasteiger charge is 2.68. The fraction of sp³-hybridized carbons (Fsp3) is 0.414. The number of allylic oxidation sites excluding steroid dienone is 1. The highest BCUT2D eigenvalue weighted by molar-refractivity contribution is 6.01. The summed E-state index contributed by atoms with van der Waals surface area (Å²) in [4.78, 5) is 15.5. The zero-order valence-electron chi connectivity index (χ0n) is 18.7. The molecule has 0 radical (unpaired) electrons. The van der Waals surface area contributed by atoms with E-state index < -0.39 is 0 Å². The number of rotatable bonds is 5. The highest BCUT2D eigenvalue weighted by Crippen LogP contribution is 2.66. The van der Waals surface area contributed by atoms with E-state index >= 15 is 0 Å². The Morgan fingerprint density at radius 3 is 2.26 bits per heavy atom. The van der Waals surface area contributed by atoms with Crippen LogP contribution in [0.1, 0.15) is 54.4 Å². The maximum Gasteiger partial charge on any atom is 0.145 e. The van der Waals surface area contributed by atoms with Gasteiger partial charge in [0.05, 0.1) is 11.0 Å². The predicted molar refractivity (Wildman–Crippen MR) is 127 cm³/mol. The number of aryl methyl sites for hydroxylation is 2. The lowest BCUT2D eigenvalue weighted by atomic mass is 9.68. The maximum absolute atomic E-state index is 13.1. The third kappa shape index (κ3) is 3.02. The van der Waals surface area contributed by atoms with Gasteiger partial charge in [-0.2, -0.15) is 0 Å². The molecule has 2 bridgehead atoms. The van der Waals surface area contributed by atoms with Gasteiger partial charge < -0.3 is 0 Å². The Morgan fingerprint density at radius 1 is 1.00 bits per heavy atom. The van der Waals surface area contributed by atoms with E-state index in [9.17, 15) is 4.79 Å². The van der Waals surface area contributed by atoms with Crippen molar-refractivity contribution in [2.24, 2.45) is 11.3 Å². The molecule has 2 fully saturated rings. The first-order chi connectivity index (χ1) is 15.0. The van der Waals surface area contributed by atoms with Gasteiger partial charge in [-0.05, 0) is 80.1 Å². The molecular weight excluding hydrogens is 378 g/mol. The Bertz CT molecular complexity index is 1070. The number of hydrogen-bond acceptors (Lipinski definition) is 2. The van der Waals surface area contributed by atoms with Gasteiger partial charge in [-0.15, -0.1) is 6.42 Å². The first-order valence-corrected chi connectivity index (χ1v) is 11.6. The Labute approximate surface area is 186 Å². The molecule has 5 rings (SSSR count). The number of terminal acetylenes is 1. The molecule has 31 heavy (non-hydrogen) atoms. The van der Waals surface area contributed by atoms with Crippen molar-refractivity contribution < 1.29 is 4.79 Å². The molecule has 0 amide bonds. The second-order valence-corrected chi connectivity index (χ2v) is 9.85. The molecule has 158 valence electrons. The largest absolute Gasteiger partial charge is 0.299 e. The molecule has 0 aromatic heterocycles. The zero-order valence-corrected chi connectivity index (χ0v) is 18.7. The molecule has 0 unspecified atom stereocenters. The van der Waals surface area contributed by atoms with Gasteiger partial charge in [0.25, 0.3) is 0 Å². The summed E-state index contributed by atoms with van der Waals surface area (Å²) >= 11 is 0. The molecule has 3 aliphatic carbocycles. The van der Waals surface area contributed by atoms with Crippen LogP contribution in [0.2, 0.25) is 0 Å². The van der Waals surface area contributed by atoms with Gasteiger partial charge in [0.2, 0.25) is 0 Å². The fourth-order valence-corrected chi connectivity index (χ4v) is 6.60. The number of Topliss-reactive ketones (excluding diaryl/α,β-unsaturated/α-hetero) is 1. The summed E-state index contributed by atoms with van der Waals surface area (Å²) in [6.07, 6.45) is 15.1. The molecule has 2 aromatic carbocycles. The van der Waals surface area contributed by atoms with E-state index in [-0.39, 0.29) is 11.0 Å². The van der Waals surface area contributed by atoms with Crippen LogP contribution in [-0.2, 0) is 17.6 Å². The number of carbonyl (C=O) groups is 1. The van der Waals surface area contributed by atoms with E-state index in [0.717, 1.165) is 24.8 Å². The normalized spacial score (nSPS) is 29.0. The second-order valence-electron chi connectivity index (χ2n) is 9.85. The predicted octanol–water partition coefficient (Wildman–Crippen LogP) is 5.30. The highest BCUT2D eigenvalue weighted by atomic mass is 16.1. The van der Waals surface area contributed by atoms with Crippen molar-refractivity contribution in [3.8, 4) is 12.3 Å². The van der Waals surface area contributed by atoms with Crippen molar-refractivity contribution in [1.29, 1.82) is 0 Å². The average molecular weight is 410 g/mol. The Morgan fingerprint density at radius 2 is 1.65 bits per heavy atom. The van der Waals surface area contributed by atoms with Gasteiger partial charge in [0, 0.05) is 12.0 Å². The van der Waals surface area contributed by atoms with Crippen molar-refractivity contribution in [1.82, 2.24) is 4.90 Å². The van der Waals surface area contributed by atoms with Crippen LogP contribution in [0.5, 0.6) is 0 Å². The van der Waals surface area contributed by atoms with Crippen molar-refractivity contribution in [2.75, 3.05) is 14.1 Å². The van der Waals surface area contributed by atoms with Crippen LogP contribution < -0.4 is 0 Å². The number of carbonyl (C=O) groups excluding carboxylic acids is 1. The number of ketones is 1. The van der Waals surface area contributed by atoms with E-state index in [0.29, 0.717) is 18.1 Å². The van der Waals surface area contributed by atoms with Crippen LogP contribution in [0.3, 0.4) is 0 Å². The summed E-state index contributed by atoms with van der Waals surface area (Å²) in [5, 5.41) is 0.